The van der Waals surface area contributed by atoms with Crippen LogP contribution in [0.25, 0.3) is 0 Å². The molecule has 0 saturated carbocycles. The van der Waals surface area contributed by atoms with Crippen LogP contribution in [0.15, 0.2) is 21.7 Å². The Balaban J connectivity index is 2.74. The average molecular weight is 207 g/mol. The maximum atomic E-state index is 11.2. The van der Waals surface area contributed by atoms with E-state index < -0.39 is 10.0 Å². The largest absolute Gasteiger partial charge is 0.395 e. The molecule has 0 amide bonds. The van der Waals surface area contributed by atoms with Crippen molar-refractivity contribution >= 4 is 21.4 Å². The highest BCUT2D eigenvalue weighted by molar-refractivity contribution is 7.91. The van der Waals surface area contributed by atoms with E-state index in [9.17, 15) is 8.42 Å². The number of thiophene rings is 1. The fraction of sp³-hybridized carbons (Fsp3) is 0.333. The Hall–Kier alpha value is -0.430. The molecule has 4 nitrogen and oxygen atoms in total. The fourth-order valence-corrected chi connectivity index (χ4v) is 2.73. The van der Waals surface area contributed by atoms with Crippen LogP contribution in [-0.2, 0) is 10.0 Å². The van der Waals surface area contributed by atoms with Gasteiger partial charge in [-0.05, 0) is 11.4 Å². The first-order valence-electron chi connectivity index (χ1n) is 3.31. The minimum atomic E-state index is -3.37. The highest BCUT2D eigenvalue weighted by Gasteiger charge is 2.12. The average Bonchev–Trinajstić information content (AvgIpc) is 2.53. The van der Waals surface area contributed by atoms with Gasteiger partial charge in [0.2, 0.25) is 10.0 Å². The zero-order valence-electron chi connectivity index (χ0n) is 6.23. The minimum Gasteiger partial charge on any atom is -0.395 e. The van der Waals surface area contributed by atoms with Crippen LogP contribution in [0.2, 0.25) is 0 Å². The Kier molecular flexibility index (Phi) is 3.21. The number of rotatable bonds is 4. The van der Waals surface area contributed by atoms with Crippen molar-refractivity contribution in [2.75, 3.05) is 13.2 Å². The smallest absolute Gasteiger partial charge is 0.250 e. The highest BCUT2D eigenvalue weighted by Crippen LogP contribution is 2.14. The molecule has 0 spiro atoms. The third-order valence-corrected chi connectivity index (χ3v) is 4.02. The van der Waals surface area contributed by atoms with Crippen LogP contribution in [0.5, 0.6) is 0 Å². The monoisotopic (exact) mass is 207 g/mol. The normalized spacial score (nSPS) is 11.8. The summed E-state index contributed by atoms with van der Waals surface area (Å²) in [6.07, 6.45) is 0. The van der Waals surface area contributed by atoms with E-state index in [4.69, 9.17) is 5.11 Å². The van der Waals surface area contributed by atoms with Crippen molar-refractivity contribution in [3.05, 3.63) is 17.5 Å². The number of sulfonamides is 1. The van der Waals surface area contributed by atoms with Crippen molar-refractivity contribution < 1.29 is 13.5 Å². The van der Waals surface area contributed by atoms with Gasteiger partial charge in [-0.3, -0.25) is 0 Å². The van der Waals surface area contributed by atoms with Gasteiger partial charge in [0.25, 0.3) is 0 Å². The van der Waals surface area contributed by atoms with Crippen molar-refractivity contribution in [3.63, 3.8) is 0 Å². The maximum Gasteiger partial charge on any atom is 0.250 e. The van der Waals surface area contributed by atoms with Crippen molar-refractivity contribution in [1.82, 2.24) is 4.72 Å². The van der Waals surface area contributed by atoms with Gasteiger partial charge in [0.15, 0.2) is 0 Å². The molecule has 0 aromatic carbocycles. The van der Waals surface area contributed by atoms with E-state index in [2.05, 4.69) is 4.72 Å². The van der Waals surface area contributed by atoms with Crippen LogP contribution in [0.1, 0.15) is 0 Å². The van der Waals surface area contributed by atoms with Crippen LogP contribution in [0.3, 0.4) is 0 Å². The molecular formula is C6H9NO3S2. The molecule has 0 aliphatic rings. The predicted octanol–water partition coefficient (Wildman–Crippen LogP) is 0.0187. The maximum absolute atomic E-state index is 11.2. The van der Waals surface area contributed by atoms with Gasteiger partial charge in [-0.25, -0.2) is 13.1 Å². The second-order valence-electron chi connectivity index (χ2n) is 2.05. The zero-order chi connectivity index (χ0) is 9.03. The third kappa shape index (κ3) is 2.28. The Labute approximate surface area is 74.9 Å². The number of hydrogen-bond donors (Lipinski definition) is 2. The van der Waals surface area contributed by atoms with Gasteiger partial charge in [-0.2, -0.15) is 0 Å². The summed E-state index contributed by atoms with van der Waals surface area (Å²) in [5.74, 6) is 0. The van der Waals surface area contributed by atoms with Crippen molar-refractivity contribution in [2.45, 2.75) is 4.21 Å². The summed E-state index contributed by atoms with van der Waals surface area (Å²) >= 11 is 1.15. The predicted molar refractivity (Wildman–Crippen MR) is 46.6 cm³/mol. The highest BCUT2D eigenvalue weighted by atomic mass is 32.2. The van der Waals surface area contributed by atoms with Crippen molar-refractivity contribution in [2.24, 2.45) is 0 Å². The molecule has 0 aliphatic heterocycles. The molecule has 1 rings (SSSR count). The molecule has 1 aromatic rings. The second kappa shape index (κ2) is 3.99. The Morgan fingerprint density at radius 2 is 2.33 bits per heavy atom. The van der Waals surface area contributed by atoms with E-state index in [1.807, 2.05) is 0 Å². The number of aliphatic hydroxyl groups excluding tert-OH is 1. The SMILES string of the molecule is O=S(=O)(NCCO)c1cccs1. The van der Waals surface area contributed by atoms with E-state index in [1.54, 1.807) is 11.4 Å². The van der Waals surface area contributed by atoms with Gasteiger partial charge in [-0.1, -0.05) is 6.07 Å². The van der Waals surface area contributed by atoms with Gasteiger partial charge >= 0.3 is 0 Å². The Morgan fingerprint density at radius 3 is 2.83 bits per heavy atom. The number of aliphatic hydroxyl groups is 1. The molecule has 12 heavy (non-hydrogen) atoms. The zero-order valence-corrected chi connectivity index (χ0v) is 7.86. The molecule has 0 atom stereocenters. The van der Waals surface area contributed by atoms with Crippen molar-refractivity contribution in [3.8, 4) is 0 Å². The van der Waals surface area contributed by atoms with Crippen LogP contribution >= 0.6 is 11.3 Å². The molecule has 68 valence electrons. The van der Waals surface area contributed by atoms with E-state index >= 15 is 0 Å². The summed E-state index contributed by atoms with van der Waals surface area (Å²) < 4.78 is 25.0. The summed E-state index contributed by atoms with van der Waals surface area (Å²) in [7, 11) is -3.37. The van der Waals surface area contributed by atoms with Crippen LogP contribution in [0, 0.1) is 0 Å². The van der Waals surface area contributed by atoms with Gasteiger partial charge in [-0.15, -0.1) is 11.3 Å². The summed E-state index contributed by atoms with van der Waals surface area (Å²) in [6.45, 7) is -0.134. The van der Waals surface area contributed by atoms with E-state index in [0.717, 1.165) is 11.3 Å². The molecule has 0 bridgehead atoms. The molecule has 2 N–H and O–H groups in total. The Bertz CT molecular complexity index is 317. The third-order valence-electron chi connectivity index (χ3n) is 1.16. The first-order valence-corrected chi connectivity index (χ1v) is 5.67. The molecule has 0 saturated heterocycles. The molecule has 6 heteroatoms. The van der Waals surface area contributed by atoms with Crippen LogP contribution in [0.4, 0.5) is 0 Å². The fourth-order valence-electron chi connectivity index (χ4n) is 0.668. The molecule has 1 heterocycles. The minimum absolute atomic E-state index is 0.0558. The van der Waals surface area contributed by atoms with E-state index in [-0.39, 0.29) is 17.4 Å². The van der Waals surface area contributed by atoms with E-state index in [0.29, 0.717) is 0 Å². The van der Waals surface area contributed by atoms with Crippen LogP contribution in [-0.4, -0.2) is 26.7 Å². The summed E-state index contributed by atoms with van der Waals surface area (Å²) in [4.78, 5) is 0. The topological polar surface area (TPSA) is 66.4 Å². The van der Waals surface area contributed by atoms with Gasteiger partial charge < -0.3 is 5.11 Å². The second-order valence-corrected chi connectivity index (χ2v) is 4.99. The standard InChI is InChI=1S/C6H9NO3S2/c8-4-3-7-12(9,10)6-2-1-5-11-6/h1-2,5,7-8H,3-4H2. The number of nitrogens with one attached hydrogen (secondary N) is 1. The van der Waals surface area contributed by atoms with E-state index in [1.165, 1.54) is 6.07 Å². The molecule has 1 aromatic heterocycles. The molecule has 0 unspecified atom stereocenters. The Morgan fingerprint density at radius 1 is 1.58 bits per heavy atom. The molecule has 0 aliphatic carbocycles. The van der Waals surface area contributed by atoms with Gasteiger partial charge in [0.1, 0.15) is 4.21 Å². The summed E-state index contributed by atoms with van der Waals surface area (Å²) in [6, 6.07) is 3.18. The first-order chi connectivity index (χ1) is 5.67. The number of hydrogen-bond acceptors (Lipinski definition) is 4. The lowest BCUT2D eigenvalue weighted by Crippen LogP contribution is -2.25. The first kappa shape index (κ1) is 9.66. The van der Waals surface area contributed by atoms with Gasteiger partial charge in [0, 0.05) is 6.54 Å². The molecule has 0 radical (unpaired) electrons. The van der Waals surface area contributed by atoms with Crippen LogP contribution < -0.4 is 4.72 Å². The lowest BCUT2D eigenvalue weighted by Gasteiger charge is -2.00. The van der Waals surface area contributed by atoms with Crippen molar-refractivity contribution in [1.29, 1.82) is 0 Å². The molecular weight excluding hydrogens is 198 g/mol. The lowest BCUT2D eigenvalue weighted by atomic mass is 10.7. The summed E-state index contributed by atoms with van der Waals surface area (Å²) in [5.41, 5.74) is 0. The summed E-state index contributed by atoms with van der Waals surface area (Å²) in [5, 5.41) is 10.1. The molecule has 0 fully saturated rings. The quantitative estimate of drug-likeness (QED) is 0.731. The lowest BCUT2D eigenvalue weighted by molar-refractivity contribution is 0.301. The van der Waals surface area contributed by atoms with Gasteiger partial charge in [0.05, 0.1) is 6.61 Å².